The number of carbonyl (C=O) groups is 1. The van der Waals surface area contributed by atoms with Crippen LogP contribution in [0.2, 0.25) is 5.02 Å². The molecule has 0 aliphatic heterocycles. The van der Waals surface area contributed by atoms with Gasteiger partial charge in [-0.25, -0.2) is 24.3 Å². The fraction of sp³-hybridized carbons (Fsp3) is 0.269. The van der Waals surface area contributed by atoms with E-state index < -0.39 is 5.82 Å². The van der Waals surface area contributed by atoms with Crippen molar-refractivity contribution >= 4 is 40.3 Å². The van der Waals surface area contributed by atoms with Crippen LogP contribution in [0.4, 0.5) is 16.0 Å². The summed E-state index contributed by atoms with van der Waals surface area (Å²) in [5, 5.41) is 6.13. The Morgan fingerprint density at radius 2 is 1.97 bits per heavy atom. The van der Waals surface area contributed by atoms with Crippen LogP contribution in [-0.4, -0.2) is 34.6 Å². The molecule has 0 saturated heterocycles. The van der Waals surface area contributed by atoms with Crippen molar-refractivity contribution in [2.45, 2.75) is 37.6 Å². The maximum absolute atomic E-state index is 14.6. The number of amides is 1. The number of halogens is 2. The molecule has 0 radical (unpaired) electrons. The molecule has 2 fully saturated rings. The number of carbonyl (C=O) groups excluding carboxylic acids is 1. The van der Waals surface area contributed by atoms with Gasteiger partial charge in [-0.3, -0.25) is 4.79 Å². The van der Waals surface area contributed by atoms with E-state index in [4.69, 9.17) is 11.6 Å². The van der Waals surface area contributed by atoms with Gasteiger partial charge in [0.25, 0.3) is 0 Å². The first-order chi connectivity index (χ1) is 18.0. The van der Waals surface area contributed by atoms with Gasteiger partial charge in [0.2, 0.25) is 5.91 Å². The van der Waals surface area contributed by atoms with Gasteiger partial charge >= 0.3 is 0 Å². The van der Waals surface area contributed by atoms with E-state index in [1.54, 1.807) is 16.7 Å². The van der Waals surface area contributed by atoms with Gasteiger partial charge in [-0.05, 0) is 42.9 Å². The monoisotopic (exact) mass is 516 g/mol. The summed E-state index contributed by atoms with van der Waals surface area (Å²) in [5.74, 6) is 0.446. The van der Waals surface area contributed by atoms with Gasteiger partial charge in [-0.1, -0.05) is 17.7 Å². The lowest BCUT2D eigenvalue weighted by molar-refractivity contribution is -0.117. The van der Waals surface area contributed by atoms with Crippen LogP contribution in [0.15, 0.2) is 55.5 Å². The molecular formula is C26H22ClFN8O. The molecule has 11 heteroatoms. The van der Waals surface area contributed by atoms with E-state index in [0.717, 1.165) is 11.3 Å². The van der Waals surface area contributed by atoms with Crippen LogP contribution in [0.3, 0.4) is 0 Å². The normalized spacial score (nSPS) is 18.9. The minimum absolute atomic E-state index is 0.0311. The fourth-order valence-corrected chi connectivity index (χ4v) is 4.98. The number of pyridine rings is 2. The Hall–Kier alpha value is -4.05. The van der Waals surface area contributed by atoms with Crippen molar-refractivity contribution < 1.29 is 9.18 Å². The van der Waals surface area contributed by atoms with Crippen molar-refractivity contribution in [3.63, 3.8) is 0 Å². The van der Waals surface area contributed by atoms with Crippen molar-refractivity contribution in [1.29, 1.82) is 0 Å². The van der Waals surface area contributed by atoms with Crippen LogP contribution < -0.4 is 10.6 Å². The molecule has 2 aliphatic rings. The SMILES string of the molecule is O=C(Nc1cc(NCc2cn3cc(C4CC4)ccc3n2)ncn1)C1CC1c1ncn2ccc(Cl)c(F)c12. The molecule has 9 nitrogen and oxygen atoms in total. The summed E-state index contributed by atoms with van der Waals surface area (Å²) >= 11 is 5.95. The second-order valence-electron chi connectivity index (χ2n) is 9.68. The summed E-state index contributed by atoms with van der Waals surface area (Å²) in [6, 6.07) is 7.37. The predicted octanol–water partition coefficient (Wildman–Crippen LogP) is 4.80. The van der Waals surface area contributed by atoms with Crippen LogP contribution in [0.1, 0.15) is 48.0 Å². The maximum atomic E-state index is 14.6. The second-order valence-corrected chi connectivity index (χ2v) is 10.1. The lowest BCUT2D eigenvalue weighted by Crippen LogP contribution is -2.16. The van der Waals surface area contributed by atoms with Gasteiger partial charge < -0.3 is 19.4 Å². The molecule has 0 aromatic carbocycles. The molecule has 2 aliphatic carbocycles. The average Bonchev–Trinajstić information content (AvgIpc) is 3.82. The first-order valence-corrected chi connectivity index (χ1v) is 12.6. The Balaban J connectivity index is 1.00. The van der Waals surface area contributed by atoms with E-state index in [2.05, 4.69) is 53.3 Å². The molecule has 0 spiro atoms. The van der Waals surface area contributed by atoms with Crippen LogP contribution >= 0.6 is 11.6 Å². The van der Waals surface area contributed by atoms with Gasteiger partial charge in [0.05, 0.1) is 29.3 Å². The highest BCUT2D eigenvalue weighted by Gasteiger charge is 2.46. The molecule has 2 atom stereocenters. The van der Waals surface area contributed by atoms with Crippen molar-refractivity contribution in [2.24, 2.45) is 5.92 Å². The summed E-state index contributed by atoms with van der Waals surface area (Å²) in [5.41, 5.74) is 4.01. The number of anilines is 2. The number of rotatable bonds is 7. The molecular weight excluding hydrogens is 495 g/mol. The molecule has 5 heterocycles. The van der Waals surface area contributed by atoms with Crippen LogP contribution in [0.25, 0.3) is 11.2 Å². The highest BCUT2D eigenvalue weighted by atomic mass is 35.5. The Morgan fingerprint density at radius 3 is 2.84 bits per heavy atom. The fourth-order valence-electron chi connectivity index (χ4n) is 4.83. The topological polar surface area (TPSA) is 102 Å². The first kappa shape index (κ1) is 22.2. The summed E-state index contributed by atoms with van der Waals surface area (Å²) in [4.78, 5) is 30.3. The molecule has 0 bridgehead atoms. The third-order valence-electron chi connectivity index (χ3n) is 7.04. The van der Waals surface area contributed by atoms with Gasteiger partial charge in [-0.2, -0.15) is 0 Å². The van der Waals surface area contributed by atoms with E-state index in [0.29, 0.717) is 41.7 Å². The minimum Gasteiger partial charge on any atom is -0.364 e. The Morgan fingerprint density at radius 1 is 1.11 bits per heavy atom. The highest BCUT2D eigenvalue weighted by Crippen LogP contribution is 2.49. The van der Waals surface area contributed by atoms with Crippen molar-refractivity contribution in [2.75, 3.05) is 10.6 Å². The van der Waals surface area contributed by atoms with Gasteiger partial charge in [0, 0.05) is 36.5 Å². The number of hydrogen-bond acceptors (Lipinski definition) is 6. The summed E-state index contributed by atoms with van der Waals surface area (Å²) < 4.78 is 18.2. The molecule has 2 N–H and O–H groups in total. The molecule has 7 rings (SSSR count). The highest BCUT2D eigenvalue weighted by molar-refractivity contribution is 6.31. The third kappa shape index (κ3) is 4.17. The van der Waals surface area contributed by atoms with E-state index in [1.807, 2.05) is 6.20 Å². The van der Waals surface area contributed by atoms with Crippen LogP contribution in [0.5, 0.6) is 0 Å². The van der Waals surface area contributed by atoms with Crippen LogP contribution in [-0.2, 0) is 11.3 Å². The quantitative estimate of drug-likeness (QED) is 0.322. The molecule has 2 saturated carbocycles. The number of imidazole rings is 2. The van der Waals surface area contributed by atoms with E-state index in [1.165, 1.54) is 37.1 Å². The first-order valence-electron chi connectivity index (χ1n) is 12.2. The van der Waals surface area contributed by atoms with Crippen molar-refractivity contribution in [1.82, 2.24) is 28.7 Å². The smallest absolute Gasteiger partial charge is 0.229 e. The molecule has 1 amide bonds. The number of fused-ring (bicyclic) bond motifs is 2. The zero-order valence-corrected chi connectivity index (χ0v) is 20.4. The number of aromatic nitrogens is 6. The van der Waals surface area contributed by atoms with Gasteiger partial charge in [-0.15, -0.1) is 0 Å². The van der Waals surface area contributed by atoms with Crippen LogP contribution in [0, 0.1) is 11.7 Å². The lowest BCUT2D eigenvalue weighted by Gasteiger charge is -2.07. The summed E-state index contributed by atoms with van der Waals surface area (Å²) in [7, 11) is 0. The summed E-state index contributed by atoms with van der Waals surface area (Å²) in [6.45, 7) is 0.483. The maximum Gasteiger partial charge on any atom is 0.229 e. The zero-order valence-electron chi connectivity index (χ0n) is 19.6. The summed E-state index contributed by atoms with van der Waals surface area (Å²) in [6.07, 6.45) is 11.9. The number of hydrogen-bond donors (Lipinski definition) is 2. The number of nitrogens with one attached hydrogen (secondary N) is 2. The minimum atomic E-state index is -0.525. The zero-order chi connectivity index (χ0) is 25.1. The second kappa shape index (κ2) is 8.52. The molecule has 5 aromatic rings. The molecule has 5 aromatic heterocycles. The molecule has 186 valence electrons. The molecule has 37 heavy (non-hydrogen) atoms. The van der Waals surface area contributed by atoms with Crippen molar-refractivity contribution in [3.8, 4) is 0 Å². The van der Waals surface area contributed by atoms with E-state index in [9.17, 15) is 9.18 Å². The van der Waals surface area contributed by atoms with E-state index in [-0.39, 0.29) is 22.8 Å². The largest absolute Gasteiger partial charge is 0.364 e. The predicted molar refractivity (Wildman–Crippen MR) is 136 cm³/mol. The molecule has 2 unspecified atom stereocenters. The average molecular weight is 517 g/mol. The van der Waals surface area contributed by atoms with Gasteiger partial charge in [0.1, 0.15) is 29.1 Å². The Labute approximate surface area is 215 Å². The lowest BCUT2D eigenvalue weighted by atomic mass is 10.2. The third-order valence-corrected chi connectivity index (χ3v) is 7.33. The Bertz CT molecular complexity index is 1680. The van der Waals surface area contributed by atoms with Gasteiger partial charge in [0.15, 0.2) is 5.82 Å². The Kier molecular flexibility index (Phi) is 5.10. The standard InChI is InChI=1S/C26H22ClFN8O/c27-19-5-6-35-13-32-24(25(35)23(19)28)17-7-18(17)26(37)34-21-8-20(30-12-31-21)29-9-16-11-36-10-15(14-1-2-14)3-4-22(36)33-16/h3-6,8,10-14,17-18H,1-2,7,9H2,(H2,29,30,31,34,37). The van der Waals surface area contributed by atoms with E-state index >= 15 is 0 Å². The van der Waals surface area contributed by atoms with Crippen molar-refractivity contribution in [3.05, 3.63) is 83.3 Å². The number of nitrogens with zero attached hydrogens (tertiary/aromatic N) is 6.